The van der Waals surface area contributed by atoms with Gasteiger partial charge in [-0.05, 0) is 44.5 Å². The molecular weight excluding hydrogens is 266 g/mol. The van der Waals surface area contributed by atoms with E-state index in [1.165, 1.54) is 0 Å². The summed E-state index contributed by atoms with van der Waals surface area (Å²) in [6, 6.07) is 5.87. The van der Waals surface area contributed by atoms with E-state index < -0.39 is 0 Å². The average Bonchev–Trinajstić information content (AvgIpc) is 3.04. The van der Waals surface area contributed by atoms with Gasteiger partial charge < -0.3 is 10.6 Å². The molecule has 21 heavy (non-hydrogen) atoms. The number of nitrogens with one attached hydrogen (secondary N) is 2. The molecule has 0 aromatic carbocycles. The van der Waals surface area contributed by atoms with Crippen molar-refractivity contribution in [2.45, 2.75) is 31.8 Å². The minimum atomic E-state index is -0.135. The fraction of sp³-hybridized carbons (Fsp3) is 0.400. The lowest BCUT2D eigenvalue weighted by Gasteiger charge is -2.30. The third-order valence-corrected chi connectivity index (χ3v) is 3.82. The second-order valence-electron chi connectivity index (χ2n) is 5.31. The van der Waals surface area contributed by atoms with E-state index in [9.17, 15) is 4.79 Å². The van der Waals surface area contributed by atoms with Gasteiger partial charge in [0.15, 0.2) is 0 Å². The van der Waals surface area contributed by atoms with Crippen molar-refractivity contribution in [1.29, 1.82) is 0 Å². The summed E-state index contributed by atoms with van der Waals surface area (Å²) >= 11 is 0. The summed E-state index contributed by atoms with van der Waals surface area (Å²) in [5.74, 6) is -0.135. The summed E-state index contributed by atoms with van der Waals surface area (Å²) < 4.78 is 1.71. The zero-order chi connectivity index (χ0) is 14.7. The molecule has 3 heterocycles. The predicted octanol–water partition coefficient (Wildman–Crippen LogP) is 1.14. The first-order valence-corrected chi connectivity index (χ1v) is 7.24. The highest BCUT2D eigenvalue weighted by atomic mass is 16.1. The first-order valence-electron chi connectivity index (χ1n) is 7.24. The maximum Gasteiger partial charge on any atom is 0.270 e. The monoisotopic (exact) mass is 285 g/mol. The number of carbonyl (C=O) groups excluding carboxylic acids is 1. The number of hydrogen-bond acceptors (Lipinski definition) is 4. The van der Waals surface area contributed by atoms with E-state index in [-0.39, 0.29) is 18.0 Å². The van der Waals surface area contributed by atoms with Crippen molar-refractivity contribution in [3.05, 3.63) is 42.5 Å². The van der Waals surface area contributed by atoms with E-state index >= 15 is 0 Å². The van der Waals surface area contributed by atoms with Crippen LogP contribution in [0, 0.1) is 0 Å². The molecule has 2 atom stereocenters. The molecule has 0 aliphatic carbocycles. The van der Waals surface area contributed by atoms with E-state index in [4.69, 9.17) is 0 Å². The van der Waals surface area contributed by atoms with Crippen molar-refractivity contribution in [3.63, 3.8) is 0 Å². The van der Waals surface area contributed by atoms with Crippen LogP contribution in [0.15, 0.2) is 36.8 Å². The standard InChI is InChI=1S/C15H19N5O/c1-11-13(4-2-6-16-11)19-15(21)14-10-12(5-8-17-14)20-9-3-7-18-20/h3,5,7-11,13,16H,2,4,6H2,1H3,(H,19,21). The summed E-state index contributed by atoms with van der Waals surface area (Å²) in [5.41, 5.74) is 1.25. The lowest BCUT2D eigenvalue weighted by Crippen LogP contribution is -2.52. The Labute approximate surface area is 123 Å². The lowest BCUT2D eigenvalue weighted by atomic mass is 10.00. The number of nitrogens with zero attached hydrogens (tertiary/aromatic N) is 3. The number of carbonyl (C=O) groups is 1. The Morgan fingerprint density at radius 1 is 1.48 bits per heavy atom. The van der Waals surface area contributed by atoms with Crippen molar-refractivity contribution in [1.82, 2.24) is 25.4 Å². The predicted molar refractivity (Wildman–Crippen MR) is 79.3 cm³/mol. The zero-order valence-electron chi connectivity index (χ0n) is 12.0. The molecule has 2 N–H and O–H groups in total. The van der Waals surface area contributed by atoms with Gasteiger partial charge in [-0.2, -0.15) is 5.10 Å². The first-order chi connectivity index (χ1) is 10.2. The molecular formula is C15H19N5O. The quantitative estimate of drug-likeness (QED) is 0.887. The van der Waals surface area contributed by atoms with Crippen molar-refractivity contribution in [2.75, 3.05) is 6.54 Å². The molecule has 2 aromatic rings. The zero-order valence-corrected chi connectivity index (χ0v) is 12.0. The Balaban J connectivity index is 1.74. The Hall–Kier alpha value is -2.21. The number of hydrogen-bond donors (Lipinski definition) is 2. The number of piperidine rings is 1. The van der Waals surface area contributed by atoms with Crippen molar-refractivity contribution < 1.29 is 4.79 Å². The van der Waals surface area contributed by atoms with E-state index in [2.05, 4.69) is 27.6 Å². The van der Waals surface area contributed by atoms with Gasteiger partial charge in [0.1, 0.15) is 5.69 Å². The van der Waals surface area contributed by atoms with Crippen LogP contribution >= 0.6 is 0 Å². The number of pyridine rings is 1. The van der Waals surface area contributed by atoms with Crippen LogP contribution in [-0.2, 0) is 0 Å². The van der Waals surface area contributed by atoms with Gasteiger partial charge in [-0.25, -0.2) is 4.68 Å². The summed E-state index contributed by atoms with van der Waals surface area (Å²) in [6.45, 7) is 3.11. The van der Waals surface area contributed by atoms with Crippen molar-refractivity contribution >= 4 is 5.91 Å². The van der Waals surface area contributed by atoms with Gasteiger partial charge in [0.25, 0.3) is 5.91 Å². The topological polar surface area (TPSA) is 71.8 Å². The van der Waals surface area contributed by atoms with Gasteiger partial charge in [0.05, 0.1) is 5.69 Å². The fourth-order valence-electron chi connectivity index (χ4n) is 2.59. The molecule has 0 radical (unpaired) electrons. The van der Waals surface area contributed by atoms with Gasteiger partial charge >= 0.3 is 0 Å². The van der Waals surface area contributed by atoms with E-state index in [1.54, 1.807) is 23.1 Å². The van der Waals surface area contributed by atoms with Gasteiger partial charge in [0.2, 0.25) is 0 Å². The highest BCUT2D eigenvalue weighted by Gasteiger charge is 2.23. The van der Waals surface area contributed by atoms with Crippen molar-refractivity contribution in [2.24, 2.45) is 0 Å². The first kappa shape index (κ1) is 13.8. The SMILES string of the molecule is CC1NCCCC1NC(=O)c1cc(-n2cccn2)ccn1. The molecule has 3 rings (SSSR count). The molecule has 110 valence electrons. The highest BCUT2D eigenvalue weighted by molar-refractivity contribution is 5.93. The molecule has 1 aliphatic heterocycles. The molecule has 2 unspecified atom stereocenters. The Kier molecular flexibility index (Phi) is 3.96. The lowest BCUT2D eigenvalue weighted by molar-refractivity contribution is 0.0914. The highest BCUT2D eigenvalue weighted by Crippen LogP contribution is 2.11. The Bertz CT molecular complexity index is 610. The maximum atomic E-state index is 12.3. The molecule has 6 heteroatoms. The van der Waals surface area contributed by atoms with Crippen LogP contribution < -0.4 is 10.6 Å². The summed E-state index contributed by atoms with van der Waals surface area (Å²) in [5, 5.41) is 10.6. The maximum absolute atomic E-state index is 12.3. The van der Waals surface area contributed by atoms with Gasteiger partial charge in [-0.15, -0.1) is 0 Å². The van der Waals surface area contributed by atoms with E-state index in [0.29, 0.717) is 5.69 Å². The molecule has 1 aliphatic rings. The molecule has 6 nitrogen and oxygen atoms in total. The van der Waals surface area contributed by atoms with Crippen LogP contribution in [0.3, 0.4) is 0 Å². The number of rotatable bonds is 3. The third-order valence-electron chi connectivity index (χ3n) is 3.82. The summed E-state index contributed by atoms with van der Waals surface area (Å²) in [4.78, 5) is 16.5. The molecule has 1 fully saturated rings. The Morgan fingerprint density at radius 3 is 3.14 bits per heavy atom. The summed E-state index contributed by atoms with van der Waals surface area (Å²) in [6.07, 6.45) is 7.25. The van der Waals surface area contributed by atoms with Crippen LogP contribution in [0.25, 0.3) is 5.69 Å². The minimum absolute atomic E-state index is 0.135. The summed E-state index contributed by atoms with van der Waals surface area (Å²) in [7, 11) is 0. The van der Waals surface area contributed by atoms with Gasteiger partial charge in [-0.1, -0.05) is 0 Å². The largest absolute Gasteiger partial charge is 0.346 e. The molecule has 0 spiro atoms. The number of aromatic nitrogens is 3. The smallest absolute Gasteiger partial charge is 0.270 e. The molecule has 2 aromatic heterocycles. The molecule has 1 amide bonds. The van der Waals surface area contributed by atoms with Gasteiger partial charge in [0, 0.05) is 30.7 Å². The van der Waals surface area contributed by atoms with E-state index in [0.717, 1.165) is 25.1 Å². The van der Waals surface area contributed by atoms with Crippen molar-refractivity contribution in [3.8, 4) is 5.69 Å². The average molecular weight is 285 g/mol. The van der Waals surface area contributed by atoms with Crippen LogP contribution in [0.5, 0.6) is 0 Å². The second-order valence-corrected chi connectivity index (χ2v) is 5.31. The second kappa shape index (κ2) is 6.05. The van der Waals surface area contributed by atoms with Crippen LogP contribution in [0.1, 0.15) is 30.3 Å². The van der Waals surface area contributed by atoms with Crippen LogP contribution in [0.2, 0.25) is 0 Å². The Morgan fingerprint density at radius 2 is 2.38 bits per heavy atom. The third kappa shape index (κ3) is 3.11. The fourth-order valence-corrected chi connectivity index (χ4v) is 2.59. The molecule has 1 saturated heterocycles. The number of amides is 1. The van der Waals surface area contributed by atoms with Gasteiger partial charge in [-0.3, -0.25) is 9.78 Å². The van der Waals surface area contributed by atoms with E-state index in [1.807, 2.05) is 18.3 Å². The molecule has 0 saturated carbocycles. The van der Waals surface area contributed by atoms with Crippen LogP contribution in [0.4, 0.5) is 0 Å². The normalized spacial score (nSPS) is 22.0. The minimum Gasteiger partial charge on any atom is -0.346 e. The molecule has 0 bridgehead atoms. The van der Waals surface area contributed by atoms with Crippen LogP contribution in [-0.4, -0.2) is 39.3 Å².